The van der Waals surface area contributed by atoms with Crippen molar-refractivity contribution in [2.24, 2.45) is 0 Å². The molecule has 0 aliphatic carbocycles. The van der Waals surface area contributed by atoms with E-state index in [1.165, 1.54) is 0 Å². The van der Waals surface area contributed by atoms with Crippen LogP contribution < -0.4 is 4.74 Å². The molecule has 0 atom stereocenters. The smallest absolute Gasteiger partial charge is 0.160 e. The molecule has 0 N–H and O–H groups in total. The van der Waals surface area contributed by atoms with E-state index >= 15 is 0 Å². The van der Waals surface area contributed by atoms with Gasteiger partial charge in [-0.25, -0.2) is 0 Å². The molecule has 2 heteroatoms. The first-order chi connectivity index (χ1) is 9.20. The van der Waals surface area contributed by atoms with Crippen LogP contribution in [0, 0.1) is 0 Å². The van der Waals surface area contributed by atoms with Gasteiger partial charge in [0.2, 0.25) is 0 Å². The van der Waals surface area contributed by atoms with Crippen molar-refractivity contribution in [2.75, 3.05) is 0 Å². The van der Waals surface area contributed by atoms with Gasteiger partial charge in [-0.05, 0) is 36.6 Å². The Morgan fingerprint density at radius 1 is 1.11 bits per heavy atom. The largest absolute Gasteiger partial charge is 0.489 e. The second-order valence-electron chi connectivity index (χ2n) is 4.50. The fraction of sp³-hybridized carbons (Fsp3) is 0.235. The molecule has 0 saturated carbocycles. The fourth-order valence-corrected chi connectivity index (χ4v) is 2.02. The summed E-state index contributed by atoms with van der Waals surface area (Å²) in [5.41, 5.74) is 2.94. The van der Waals surface area contributed by atoms with Crippen LogP contribution in [0.5, 0.6) is 5.75 Å². The molecule has 0 spiro atoms. The Morgan fingerprint density at radius 2 is 1.84 bits per heavy atom. The highest BCUT2D eigenvalue weighted by molar-refractivity contribution is 5.96. The number of ketones is 1. The van der Waals surface area contributed by atoms with Crippen molar-refractivity contribution >= 4 is 5.78 Å². The predicted molar refractivity (Wildman–Crippen MR) is 76.6 cm³/mol. The van der Waals surface area contributed by atoms with E-state index < -0.39 is 0 Å². The van der Waals surface area contributed by atoms with Gasteiger partial charge in [0.1, 0.15) is 12.4 Å². The number of hydrogen-bond donors (Lipinski definition) is 0. The molecule has 0 aliphatic rings. The molecule has 0 heterocycles. The lowest BCUT2D eigenvalue weighted by Crippen LogP contribution is -2.01. The Morgan fingerprint density at radius 3 is 2.47 bits per heavy atom. The zero-order valence-electron chi connectivity index (χ0n) is 11.3. The van der Waals surface area contributed by atoms with Crippen LogP contribution in [0.4, 0.5) is 0 Å². The van der Waals surface area contributed by atoms with Crippen LogP contribution in [0.3, 0.4) is 0 Å². The highest BCUT2D eigenvalue weighted by atomic mass is 16.5. The lowest BCUT2D eigenvalue weighted by Gasteiger charge is -2.10. The molecule has 2 rings (SSSR count). The van der Waals surface area contributed by atoms with E-state index in [0.29, 0.717) is 6.61 Å². The summed E-state index contributed by atoms with van der Waals surface area (Å²) >= 11 is 0. The zero-order valence-corrected chi connectivity index (χ0v) is 11.3. The number of benzene rings is 2. The maximum atomic E-state index is 11.6. The van der Waals surface area contributed by atoms with Crippen LogP contribution in [-0.2, 0) is 13.0 Å². The molecule has 0 radical (unpaired) electrons. The van der Waals surface area contributed by atoms with Crippen LogP contribution in [0.1, 0.15) is 35.3 Å². The van der Waals surface area contributed by atoms with Gasteiger partial charge in [-0.2, -0.15) is 0 Å². The van der Waals surface area contributed by atoms with Gasteiger partial charge in [0, 0.05) is 5.56 Å². The molecule has 0 aliphatic heterocycles. The monoisotopic (exact) mass is 254 g/mol. The van der Waals surface area contributed by atoms with Crippen molar-refractivity contribution in [1.29, 1.82) is 0 Å². The molecule has 2 aromatic carbocycles. The highest BCUT2D eigenvalue weighted by Crippen LogP contribution is 2.20. The first-order valence-corrected chi connectivity index (χ1v) is 6.51. The Bertz CT molecular complexity index is 559. The number of Topliss-reactive ketones (excluding diaryl/α,β-unsaturated/α-hetero) is 1. The number of ether oxygens (including phenoxy) is 1. The SMILES string of the molecule is CCc1ccc(OCc2ccccc2)cc1C(C)=O. The lowest BCUT2D eigenvalue weighted by molar-refractivity contribution is 0.101. The quantitative estimate of drug-likeness (QED) is 0.753. The molecular formula is C17H18O2. The molecule has 0 bridgehead atoms. The zero-order chi connectivity index (χ0) is 13.7. The predicted octanol–water partition coefficient (Wildman–Crippen LogP) is 4.03. The van der Waals surface area contributed by atoms with Crippen LogP contribution >= 0.6 is 0 Å². The number of carbonyl (C=O) groups excluding carboxylic acids is 1. The van der Waals surface area contributed by atoms with E-state index in [9.17, 15) is 4.79 Å². The summed E-state index contributed by atoms with van der Waals surface area (Å²) in [6.45, 7) is 4.16. The van der Waals surface area contributed by atoms with Gasteiger partial charge in [0.05, 0.1) is 0 Å². The molecule has 0 amide bonds. The molecule has 0 saturated heterocycles. The van der Waals surface area contributed by atoms with Gasteiger partial charge < -0.3 is 4.74 Å². The second kappa shape index (κ2) is 6.19. The third-order valence-electron chi connectivity index (χ3n) is 3.09. The number of hydrogen-bond acceptors (Lipinski definition) is 2. The van der Waals surface area contributed by atoms with Crippen molar-refractivity contribution < 1.29 is 9.53 Å². The highest BCUT2D eigenvalue weighted by Gasteiger charge is 2.07. The third-order valence-corrected chi connectivity index (χ3v) is 3.09. The van der Waals surface area contributed by atoms with Crippen LogP contribution in [-0.4, -0.2) is 5.78 Å². The van der Waals surface area contributed by atoms with E-state index in [1.807, 2.05) is 55.5 Å². The lowest BCUT2D eigenvalue weighted by atomic mass is 10.0. The van der Waals surface area contributed by atoms with Crippen molar-refractivity contribution in [1.82, 2.24) is 0 Å². The van der Waals surface area contributed by atoms with Crippen molar-refractivity contribution in [3.8, 4) is 5.75 Å². The van der Waals surface area contributed by atoms with Gasteiger partial charge in [-0.1, -0.05) is 43.3 Å². The van der Waals surface area contributed by atoms with Crippen LogP contribution in [0.25, 0.3) is 0 Å². The summed E-state index contributed by atoms with van der Waals surface area (Å²) in [7, 11) is 0. The van der Waals surface area contributed by atoms with Gasteiger partial charge in [-0.3, -0.25) is 4.79 Å². The Hall–Kier alpha value is -2.09. The van der Waals surface area contributed by atoms with Gasteiger partial charge in [0.25, 0.3) is 0 Å². The Kier molecular flexibility index (Phi) is 4.35. The summed E-state index contributed by atoms with van der Waals surface area (Å²) in [6.07, 6.45) is 0.855. The van der Waals surface area contributed by atoms with E-state index in [2.05, 4.69) is 0 Å². The summed E-state index contributed by atoms with van der Waals surface area (Å²) in [5.74, 6) is 0.827. The van der Waals surface area contributed by atoms with Crippen molar-refractivity contribution in [2.45, 2.75) is 26.9 Å². The number of carbonyl (C=O) groups is 1. The molecule has 19 heavy (non-hydrogen) atoms. The Labute approximate surface area is 114 Å². The minimum Gasteiger partial charge on any atom is -0.489 e. The summed E-state index contributed by atoms with van der Waals surface area (Å²) in [6, 6.07) is 15.7. The summed E-state index contributed by atoms with van der Waals surface area (Å²) < 4.78 is 5.73. The standard InChI is InChI=1S/C17H18O2/c1-3-15-9-10-16(11-17(15)13(2)18)19-12-14-7-5-4-6-8-14/h4-11H,3,12H2,1-2H3. The van der Waals surface area contributed by atoms with Gasteiger partial charge in [-0.15, -0.1) is 0 Å². The molecule has 2 nitrogen and oxygen atoms in total. The maximum Gasteiger partial charge on any atom is 0.160 e. The molecule has 2 aromatic rings. The minimum atomic E-state index is 0.0852. The maximum absolute atomic E-state index is 11.6. The minimum absolute atomic E-state index is 0.0852. The molecule has 98 valence electrons. The molecule has 0 fully saturated rings. The fourth-order valence-electron chi connectivity index (χ4n) is 2.02. The van der Waals surface area contributed by atoms with Gasteiger partial charge >= 0.3 is 0 Å². The first-order valence-electron chi connectivity index (χ1n) is 6.51. The summed E-state index contributed by atoms with van der Waals surface area (Å²) in [4.78, 5) is 11.6. The van der Waals surface area contributed by atoms with Crippen molar-refractivity contribution in [3.63, 3.8) is 0 Å². The average molecular weight is 254 g/mol. The van der Waals surface area contributed by atoms with Gasteiger partial charge in [0.15, 0.2) is 5.78 Å². The van der Waals surface area contributed by atoms with Crippen LogP contribution in [0.2, 0.25) is 0 Å². The van der Waals surface area contributed by atoms with E-state index in [4.69, 9.17) is 4.74 Å². The third kappa shape index (κ3) is 3.44. The molecule has 0 unspecified atom stereocenters. The molecule has 0 aromatic heterocycles. The van der Waals surface area contributed by atoms with Crippen molar-refractivity contribution in [3.05, 3.63) is 65.2 Å². The summed E-state index contributed by atoms with van der Waals surface area (Å²) in [5, 5.41) is 0. The Balaban J connectivity index is 2.13. The van der Waals surface area contributed by atoms with E-state index in [0.717, 1.165) is 28.9 Å². The van der Waals surface area contributed by atoms with Crippen LogP contribution in [0.15, 0.2) is 48.5 Å². The topological polar surface area (TPSA) is 26.3 Å². The van der Waals surface area contributed by atoms with E-state index in [-0.39, 0.29) is 5.78 Å². The number of rotatable bonds is 5. The average Bonchev–Trinajstić information content (AvgIpc) is 2.46. The first kappa shape index (κ1) is 13.3. The second-order valence-corrected chi connectivity index (χ2v) is 4.50. The van der Waals surface area contributed by atoms with E-state index in [1.54, 1.807) is 6.92 Å². The number of aryl methyl sites for hydroxylation is 1. The normalized spacial score (nSPS) is 10.2. The molecular weight excluding hydrogens is 236 g/mol.